The first kappa shape index (κ1) is 23.5. The Kier molecular flexibility index (Phi) is 7.65. The van der Waals surface area contributed by atoms with Crippen molar-refractivity contribution in [2.45, 2.75) is 96.7 Å². The van der Waals surface area contributed by atoms with Crippen molar-refractivity contribution in [1.29, 1.82) is 0 Å². The predicted octanol–water partition coefficient (Wildman–Crippen LogP) is 4.40. The van der Waals surface area contributed by atoms with E-state index in [1.165, 1.54) is 58.0 Å². The second kappa shape index (κ2) is 10.1. The van der Waals surface area contributed by atoms with Crippen molar-refractivity contribution in [3.63, 3.8) is 0 Å². The summed E-state index contributed by atoms with van der Waals surface area (Å²) in [6.45, 7) is 13.3. The number of carbonyl (C=O) groups excluding carboxylic acids is 1. The minimum Gasteiger partial charge on any atom is -0.462 e. The first-order chi connectivity index (χ1) is 15.0. The van der Waals surface area contributed by atoms with Crippen LogP contribution >= 0.6 is 0 Å². The van der Waals surface area contributed by atoms with E-state index in [4.69, 9.17) is 9.47 Å². The van der Waals surface area contributed by atoms with Crippen LogP contribution in [-0.4, -0.2) is 61.9 Å². The lowest BCUT2D eigenvalue weighted by Crippen LogP contribution is -2.51. The van der Waals surface area contributed by atoms with Crippen molar-refractivity contribution < 1.29 is 14.3 Å². The van der Waals surface area contributed by atoms with Crippen molar-refractivity contribution in [3.05, 3.63) is 0 Å². The molecule has 4 fully saturated rings. The maximum absolute atomic E-state index is 12.7. The van der Waals surface area contributed by atoms with Crippen molar-refractivity contribution in [2.24, 2.45) is 23.2 Å². The van der Waals surface area contributed by atoms with Crippen LogP contribution in [0.25, 0.3) is 0 Å². The molecule has 6 atom stereocenters. The number of esters is 1. The fraction of sp³-hybridized carbons (Fsp3) is 0.962. The second-order valence-electron chi connectivity index (χ2n) is 11.2. The van der Waals surface area contributed by atoms with E-state index in [-0.39, 0.29) is 23.6 Å². The molecule has 0 aromatic heterocycles. The summed E-state index contributed by atoms with van der Waals surface area (Å²) in [4.78, 5) is 15.4. The number of hydrogen-bond donors (Lipinski definition) is 1. The highest BCUT2D eigenvalue weighted by atomic mass is 16.6. The van der Waals surface area contributed by atoms with Gasteiger partial charge in [0.1, 0.15) is 6.10 Å². The normalized spacial score (nSPS) is 38.9. The van der Waals surface area contributed by atoms with Gasteiger partial charge < -0.3 is 19.7 Å². The molecule has 2 saturated heterocycles. The zero-order valence-electron chi connectivity index (χ0n) is 20.3. The van der Waals surface area contributed by atoms with Gasteiger partial charge in [-0.15, -0.1) is 0 Å². The largest absolute Gasteiger partial charge is 0.462 e. The van der Waals surface area contributed by atoms with E-state index in [0.717, 1.165) is 45.5 Å². The highest BCUT2D eigenvalue weighted by Crippen LogP contribution is 2.62. The fourth-order valence-electron chi connectivity index (χ4n) is 6.97. The summed E-state index contributed by atoms with van der Waals surface area (Å²) in [5, 5.41) is 3.62. The fourth-order valence-corrected chi connectivity index (χ4v) is 6.97. The Bertz CT molecular complexity index is 599. The summed E-state index contributed by atoms with van der Waals surface area (Å²) < 4.78 is 12.0. The minimum atomic E-state index is 0.0311. The maximum atomic E-state index is 12.7. The van der Waals surface area contributed by atoms with E-state index >= 15 is 0 Å². The lowest BCUT2D eigenvalue weighted by atomic mass is 9.53. The van der Waals surface area contributed by atoms with Crippen LogP contribution in [0.4, 0.5) is 0 Å². The molecule has 0 radical (unpaired) electrons. The molecule has 31 heavy (non-hydrogen) atoms. The summed E-state index contributed by atoms with van der Waals surface area (Å²) in [5.41, 5.74) is 0.432. The van der Waals surface area contributed by atoms with Crippen LogP contribution in [0.3, 0.4) is 0 Å². The quantitative estimate of drug-likeness (QED) is 0.280. The van der Waals surface area contributed by atoms with E-state index in [0.29, 0.717) is 17.3 Å². The number of ether oxygens (including phenoxy) is 2. The van der Waals surface area contributed by atoms with Crippen molar-refractivity contribution >= 4 is 5.97 Å². The van der Waals surface area contributed by atoms with Crippen molar-refractivity contribution in [2.75, 3.05) is 39.3 Å². The number of epoxide rings is 1. The molecule has 2 heterocycles. The Morgan fingerprint density at radius 2 is 1.81 bits per heavy atom. The molecule has 0 aromatic rings. The van der Waals surface area contributed by atoms with Gasteiger partial charge in [0, 0.05) is 12.5 Å². The van der Waals surface area contributed by atoms with E-state index < -0.39 is 0 Å². The van der Waals surface area contributed by atoms with Gasteiger partial charge in [-0.25, -0.2) is 0 Å². The first-order valence-corrected chi connectivity index (χ1v) is 13.3. The molecule has 0 unspecified atom stereocenters. The van der Waals surface area contributed by atoms with E-state index in [1.54, 1.807) is 0 Å². The standard InChI is InChI=1S/C26H46N2O3/c1-4-6-13-28(14-7-5-2)15-9-12-27-18-21-20-16-23-25(3,17-22(20)31-24(21)29)10-8-11-26(23)19-30-26/h20-23,27H,4-19H2,1-3H3/t20-,21+,22-,23-,25+,26+/m1/s1. The molecule has 5 nitrogen and oxygen atoms in total. The van der Waals surface area contributed by atoms with Crippen LogP contribution in [0.1, 0.15) is 85.0 Å². The van der Waals surface area contributed by atoms with Crippen molar-refractivity contribution in [3.8, 4) is 0 Å². The third kappa shape index (κ3) is 5.14. The molecule has 4 aliphatic rings. The number of fused-ring (bicyclic) bond motifs is 3. The number of nitrogens with one attached hydrogen (secondary N) is 1. The second-order valence-corrected chi connectivity index (χ2v) is 11.2. The van der Waals surface area contributed by atoms with Crippen LogP contribution in [-0.2, 0) is 14.3 Å². The Hall–Kier alpha value is -0.650. The molecule has 0 bridgehead atoms. The molecule has 2 aliphatic carbocycles. The van der Waals surface area contributed by atoms with Crippen molar-refractivity contribution in [1.82, 2.24) is 10.2 Å². The summed E-state index contributed by atoms with van der Waals surface area (Å²) >= 11 is 0. The van der Waals surface area contributed by atoms with Gasteiger partial charge in [0.25, 0.3) is 0 Å². The van der Waals surface area contributed by atoms with Crippen LogP contribution in [0.5, 0.6) is 0 Å². The monoisotopic (exact) mass is 434 g/mol. The third-order valence-electron chi connectivity index (χ3n) is 8.93. The molecule has 5 heteroatoms. The van der Waals surface area contributed by atoms with Gasteiger partial charge in [0.2, 0.25) is 0 Å². The average molecular weight is 435 g/mol. The van der Waals surface area contributed by atoms with E-state index in [1.807, 2.05) is 0 Å². The van der Waals surface area contributed by atoms with E-state index in [9.17, 15) is 4.79 Å². The van der Waals surface area contributed by atoms with E-state index in [2.05, 4.69) is 31.0 Å². The number of nitrogens with zero attached hydrogens (tertiary/aromatic N) is 1. The number of unbranched alkanes of at least 4 members (excludes halogenated alkanes) is 2. The molecule has 2 aliphatic heterocycles. The molecule has 178 valence electrons. The summed E-state index contributed by atoms with van der Waals surface area (Å²) in [6, 6.07) is 0. The van der Waals surface area contributed by atoms with Crippen LogP contribution < -0.4 is 5.32 Å². The minimum absolute atomic E-state index is 0.0311. The van der Waals surface area contributed by atoms with Gasteiger partial charge in [-0.05, 0) is 88.9 Å². The molecule has 2 saturated carbocycles. The van der Waals surface area contributed by atoms with Gasteiger partial charge in [-0.1, -0.05) is 33.6 Å². The van der Waals surface area contributed by atoms with Crippen LogP contribution in [0, 0.1) is 23.2 Å². The van der Waals surface area contributed by atoms with Gasteiger partial charge in [0.05, 0.1) is 18.1 Å². The number of rotatable bonds is 12. The predicted molar refractivity (Wildman–Crippen MR) is 124 cm³/mol. The van der Waals surface area contributed by atoms with Gasteiger partial charge in [-0.2, -0.15) is 0 Å². The Morgan fingerprint density at radius 1 is 1.10 bits per heavy atom. The molecule has 0 amide bonds. The lowest BCUT2D eigenvalue weighted by molar-refractivity contribution is -0.147. The maximum Gasteiger partial charge on any atom is 0.310 e. The third-order valence-corrected chi connectivity index (χ3v) is 8.93. The first-order valence-electron chi connectivity index (χ1n) is 13.3. The van der Waals surface area contributed by atoms with Gasteiger partial charge >= 0.3 is 5.97 Å². The zero-order valence-corrected chi connectivity index (χ0v) is 20.3. The average Bonchev–Trinajstić information content (AvgIpc) is 3.45. The summed E-state index contributed by atoms with van der Waals surface area (Å²) in [7, 11) is 0. The molecular weight excluding hydrogens is 388 g/mol. The number of carbonyl (C=O) groups is 1. The molecule has 1 N–H and O–H groups in total. The van der Waals surface area contributed by atoms with Gasteiger partial charge in [0.15, 0.2) is 0 Å². The molecule has 4 rings (SSSR count). The summed E-state index contributed by atoms with van der Waals surface area (Å²) in [6.07, 6.45) is 12.3. The van der Waals surface area contributed by atoms with Gasteiger partial charge in [-0.3, -0.25) is 4.79 Å². The Morgan fingerprint density at radius 3 is 2.48 bits per heavy atom. The zero-order chi connectivity index (χ0) is 21.9. The smallest absolute Gasteiger partial charge is 0.310 e. The Balaban J connectivity index is 1.24. The Labute approximate surface area is 190 Å². The summed E-state index contributed by atoms with van der Waals surface area (Å²) in [5.74, 6) is 1.06. The molecule has 1 spiro atoms. The molecular formula is C26H46N2O3. The van der Waals surface area contributed by atoms with Crippen LogP contribution in [0.2, 0.25) is 0 Å². The van der Waals surface area contributed by atoms with Crippen LogP contribution in [0.15, 0.2) is 0 Å². The highest BCUT2D eigenvalue weighted by molar-refractivity contribution is 5.75. The highest BCUT2D eigenvalue weighted by Gasteiger charge is 2.64. The topological polar surface area (TPSA) is 54.1 Å². The molecule has 0 aromatic carbocycles. The SMILES string of the molecule is CCCCN(CCCC)CCCNC[C@@H]1C(=O)O[C@@H]2C[C@]3(C)CCC[C@]4(CO4)[C@@H]3C[C@H]12. The lowest BCUT2D eigenvalue weighted by Gasteiger charge is -2.51. The number of hydrogen-bond acceptors (Lipinski definition) is 5.